The van der Waals surface area contributed by atoms with Crippen molar-refractivity contribution in [3.8, 4) is 5.75 Å². The molecule has 0 saturated carbocycles. The summed E-state index contributed by atoms with van der Waals surface area (Å²) in [5.41, 5.74) is 0.630. The number of nitrogens with one attached hydrogen (secondary N) is 1. The van der Waals surface area contributed by atoms with Crippen LogP contribution in [0.3, 0.4) is 0 Å². The van der Waals surface area contributed by atoms with Crippen LogP contribution in [0.5, 0.6) is 5.75 Å². The Balaban J connectivity index is 2.10. The number of benzene rings is 1. The highest BCUT2D eigenvalue weighted by Gasteiger charge is 2.32. The second kappa shape index (κ2) is 5.73. The van der Waals surface area contributed by atoms with E-state index in [1.807, 2.05) is 12.1 Å². The molecule has 0 aromatic heterocycles. The third kappa shape index (κ3) is 2.86. The molecule has 1 atom stereocenters. The number of methoxy groups -OCH3 is 1. The number of amides is 2. The largest absolute Gasteiger partial charge is 0.495 e. The number of likely N-dealkylation sites (tertiary alicyclic amines) is 1. The third-order valence-corrected chi connectivity index (χ3v) is 3.32. The number of para-hydroxylation sites is 2. The monoisotopic (exact) mass is 262 g/mol. The zero-order valence-electron chi connectivity index (χ0n) is 11.2. The molecule has 1 aromatic carbocycles. The van der Waals surface area contributed by atoms with Crippen molar-refractivity contribution >= 4 is 17.5 Å². The van der Waals surface area contributed by atoms with Gasteiger partial charge in [0.05, 0.1) is 12.8 Å². The Morgan fingerprint density at radius 3 is 2.79 bits per heavy atom. The van der Waals surface area contributed by atoms with Gasteiger partial charge in [-0.05, 0) is 25.0 Å². The molecule has 1 aromatic rings. The van der Waals surface area contributed by atoms with Crippen molar-refractivity contribution in [2.75, 3.05) is 19.0 Å². The van der Waals surface area contributed by atoms with E-state index in [0.29, 0.717) is 24.4 Å². The predicted octanol–water partition coefficient (Wildman–Crippen LogP) is 1.64. The van der Waals surface area contributed by atoms with Crippen LogP contribution in [0.2, 0.25) is 0 Å². The topological polar surface area (TPSA) is 58.6 Å². The van der Waals surface area contributed by atoms with Gasteiger partial charge in [0.15, 0.2) is 0 Å². The van der Waals surface area contributed by atoms with E-state index in [-0.39, 0.29) is 17.9 Å². The van der Waals surface area contributed by atoms with Gasteiger partial charge in [-0.25, -0.2) is 0 Å². The number of ether oxygens (including phenoxy) is 1. The highest BCUT2D eigenvalue weighted by Crippen LogP contribution is 2.25. The maximum Gasteiger partial charge on any atom is 0.247 e. The Kier molecular flexibility index (Phi) is 4.04. The molecular weight excluding hydrogens is 244 g/mol. The van der Waals surface area contributed by atoms with Gasteiger partial charge in [0.25, 0.3) is 0 Å². The van der Waals surface area contributed by atoms with Gasteiger partial charge < -0.3 is 15.0 Å². The molecule has 2 amide bonds. The van der Waals surface area contributed by atoms with Crippen molar-refractivity contribution < 1.29 is 14.3 Å². The van der Waals surface area contributed by atoms with Crippen LogP contribution in [0.1, 0.15) is 19.8 Å². The lowest BCUT2D eigenvalue weighted by Crippen LogP contribution is -2.42. The number of anilines is 1. The molecule has 0 radical (unpaired) electrons. The molecule has 1 aliphatic heterocycles. The first kappa shape index (κ1) is 13.4. The number of carbonyl (C=O) groups is 2. The second-order valence-corrected chi connectivity index (χ2v) is 4.56. The van der Waals surface area contributed by atoms with Crippen molar-refractivity contribution in [1.29, 1.82) is 0 Å². The first-order valence-electron chi connectivity index (χ1n) is 6.34. The summed E-state index contributed by atoms with van der Waals surface area (Å²) >= 11 is 0. The van der Waals surface area contributed by atoms with Gasteiger partial charge in [-0.15, -0.1) is 0 Å². The molecule has 1 unspecified atom stereocenters. The van der Waals surface area contributed by atoms with Crippen LogP contribution in [0.25, 0.3) is 0 Å². The number of nitrogens with zero attached hydrogens (tertiary/aromatic N) is 1. The zero-order valence-corrected chi connectivity index (χ0v) is 11.2. The molecule has 1 aliphatic rings. The number of carbonyl (C=O) groups excluding carboxylic acids is 2. The standard InChI is InChI=1S/C14H18N2O3/c1-10(17)16-9-5-7-12(16)14(18)15-11-6-3-4-8-13(11)19-2/h3-4,6,8,12H,5,7,9H2,1-2H3,(H,15,18). The highest BCUT2D eigenvalue weighted by atomic mass is 16.5. The smallest absolute Gasteiger partial charge is 0.247 e. The Hall–Kier alpha value is -2.04. The van der Waals surface area contributed by atoms with Gasteiger partial charge in [-0.2, -0.15) is 0 Å². The van der Waals surface area contributed by atoms with Crippen molar-refractivity contribution in [1.82, 2.24) is 4.90 Å². The third-order valence-electron chi connectivity index (χ3n) is 3.32. The van der Waals surface area contributed by atoms with Crippen LogP contribution in [0.15, 0.2) is 24.3 Å². The maximum atomic E-state index is 12.2. The minimum atomic E-state index is -0.373. The fourth-order valence-electron chi connectivity index (χ4n) is 2.38. The molecule has 0 spiro atoms. The fraction of sp³-hybridized carbons (Fsp3) is 0.429. The van der Waals surface area contributed by atoms with Crippen LogP contribution >= 0.6 is 0 Å². The molecule has 19 heavy (non-hydrogen) atoms. The lowest BCUT2D eigenvalue weighted by Gasteiger charge is -2.22. The molecule has 5 heteroatoms. The summed E-state index contributed by atoms with van der Waals surface area (Å²) in [5.74, 6) is 0.401. The van der Waals surface area contributed by atoms with Crippen molar-refractivity contribution in [2.24, 2.45) is 0 Å². The van der Waals surface area contributed by atoms with Crippen LogP contribution in [0.4, 0.5) is 5.69 Å². The first-order valence-corrected chi connectivity index (χ1v) is 6.34. The van der Waals surface area contributed by atoms with E-state index in [2.05, 4.69) is 5.32 Å². The lowest BCUT2D eigenvalue weighted by atomic mass is 10.2. The fourth-order valence-corrected chi connectivity index (χ4v) is 2.38. The van der Waals surface area contributed by atoms with Gasteiger partial charge >= 0.3 is 0 Å². The normalized spacial score (nSPS) is 18.2. The van der Waals surface area contributed by atoms with Gasteiger partial charge in [-0.1, -0.05) is 12.1 Å². The minimum Gasteiger partial charge on any atom is -0.495 e. The van der Waals surface area contributed by atoms with Crippen LogP contribution < -0.4 is 10.1 Å². The second-order valence-electron chi connectivity index (χ2n) is 4.56. The summed E-state index contributed by atoms with van der Waals surface area (Å²) < 4.78 is 5.19. The average molecular weight is 262 g/mol. The SMILES string of the molecule is COc1ccccc1NC(=O)C1CCCN1C(C)=O. The molecule has 0 aliphatic carbocycles. The van der Waals surface area contributed by atoms with Gasteiger partial charge in [-0.3, -0.25) is 9.59 Å². The average Bonchev–Trinajstić information content (AvgIpc) is 2.88. The molecular formula is C14H18N2O3. The first-order chi connectivity index (χ1) is 9.13. The summed E-state index contributed by atoms with van der Waals surface area (Å²) in [4.78, 5) is 25.3. The molecule has 102 valence electrons. The molecule has 1 saturated heterocycles. The summed E-state index contributed by atoms with van der Waals surface area (Å²) in [6.45, 7) is 2.15. The Morgan fingerprint density at radius 2 is 2.11 bits per heavy atom. The van der Waals surface area contributed by atoms with Gasteiger partial charge in [0.2, 0.25) is 11.8 Å². The quantitative estimate of drug-likeness (QED) is 0.901. The predicted molar refractivity (Wildman–Crippen MR) is 72.0 cm³/mol. The van der Waals surface area contributed by atoms with Crippen molar-refractivity contribution in [3.63, 3.8) is 0 Å². The van der Waals surface area contributed by atoms with E-state index < -0.39 is 0 Å². The molecule has 1 fully saturated rings. The zero-order chi connectivity index (χ0) is 13.8. The molecule has 2 rings (SSSR count). The number of hydrogen-bond acceptors (Lipinski definition) is 3. The van der Waals surface area contributed by atoms with E-state index >= 15 is 0 Å². The van der Waals surface area contributed by atoms with E-state index in [1.54, 1.807) is 24.1 Å². The van der Waals surface area contributed by atoms with Crippen LogP contribution in [0, 0.1) is 0 Å². The van der Waals surface area contributed by atoms with E-state index in [1.165, 1.54) is 6.92 Å². The van der Waals surface area contributed by atoms with Crippen LogP contribution in [-0.4, -0.2) is 36.4 Å². The van der Waals surface area contributed by atoms with Crippen molar-refractivity contribution in [2.45, 2.75) is 25.8 Å². The summed E-state index contributed by atoms with van der Waals surface area (Å²) in [6, 6.07) is 6.86. The highest BCUT2D eigenvalue weighted by molar-refractivity contribution is 5.98. The van der Waals surface area contributed by atoms with Crippen molar-refractivity contribution in [3.05, 3.63) is 24.3 Å². The Labute approximate surface area is 112 Å². The number of hydrogen-bond donors (Lipinski definition) is 1. The van der Waals surface area contributed by atoms with Crippen LogP contribution in [-0.2, 0) is 9.59 Å². The summed E-state index contributed by atoms with van der Waals surface area (Å²) in [7, 11) is 1.56. The lowest BCUT2D eigenvalue weighted by molar-refractivity contribution is -0.134. The van der Waals surface area contributed by atoms with E-state index in [4.69, 9.17) is 4.74 Å². The maximum absolute atomic E-state index is 12.2. The molecule has 5 nitrogen and oxygen atoms in total. The Bertz CT molecular complexity index is 487. The molecule has 1 heterocycles. The van der Waals surface area contributed by atoms with Gasteiger partial charge in [0, 0.05) is 13.5 Å². The molecule has 0 bridgehead atoms. The number of rotatable bonds is 3. The summed E-state index contributed by atoms with van der Waals surface area (Å²) in [6.07, 6.45) is 1.57. The summed E-state index contributed by atoms with van der Waals surface area (Å²) in [5, 5.41) is 2.83. The van der Waals surface area contributed by atoms with E-state index in [9.17, 15) is 9.59 Å². The Morgan fingerprint density at radius 1 is 1.37 bits per heavy atom. The molecule has 1 N–H and O–H groups in total. The van der Waals surface area contributed by atoms with Gasteiger partial charge in [0.1, 0.15) is 11.8 Å². The minimum absolute atomic E-state index is 0.0577. The van der Waals surface area contributed by atoms with E-state index in [0.717, 1.165) is 6.42 Å².